The summed E-state index contributed by atoms with van der Waals surface area (Å²) in [6.07, 6.45) is 2.15. The van der Waals surface area contributed by atoms with Crippen LogP contribution in [0.4, 0.5) is 0 Å². The highest BCUT2D eigenvalue weighted by Crippen LogP contribution is 2.06. The molecule has 0 aromatic heterocycles. The molecule has 4 heteroatoms. The van der Waals surface area contributed by atoms with Crippen molar-refractivity contribution in [1.82, 2.24) is 5.32 Å². The monoisotopic (exact) mass is 275 g/mol. The second-order valence-corrected chi connectivity index (χ2v) is 5.93. The Balaban J connectivity index is 3.40. The van der Waals surface area contributed by atoms with Crippen LogP contribution in [0.5, 0.6) is 0 Å². The van der Waals surface area contributed by atoms with Crippen LogP contribution in [0.2, 0.25) is 0 Å². The third-order valence-corrected chi connectivity index (χ3v) is 2.87. The summed E-state index contributed by atoms with van der Waals surface area (Å²) < 4.78 is 10.7. The van der Waals surface area contributed by atoms with Crippen molar-refractivity contribution in [2.24, 2.45) is 5.92 Å². The molecule has 0 rings (SSSR count). The minimum atomic E-state index is -0.444. The highest BCUT2D eigenvalue weighted by atomic mass is 16.5. The molecule has 0 aromatic carbocycles. The van der Waals surface area contributed by atoms with E-state index < -0.39 is 6.10 Å². The van der Waals surface area contributed by atoms with E-state index in [1.54, 1.807) is 0 Å². The zero-order valence-electron chi connectivity index (χ0n) is 13.3. The standard InChI is InChI=1S/C15H33NO3/c1-12(2)6-7-14(5)16-10-15(17)11-18-8-9-19-13(3)4/h12-17H,6-11H2,1-5H3/t14-,15+/m0/s1. The van der Waals surface area contributed by atoms with Gasteiger partial charge >= 0.3 is 0 Å². The smallest absolute Gasteiger partial charge is 0.0897 e. The number of rotatable bonds is 12. The van der Waals surface area contributed by atoms with Crippen LogP contribution < -0.4 is 5.32 Å². The molecule has 116 valence electrons. The van der Waals surface area contributed by atoms with E-state index >= 15 is 0 Å². The first-order valence-electron chi connectivity index (χ1n) is 7.52. The molecule has 0 aliphatic rings. The predicted molar refractivity (Wildman–Crippen MR) is 79.5 cm³/mol. The number of hydrogen-bond acceptors (Lipinski definition) is 4. The Hall–Kier alpha value is -0.160. The second kappa shape index (κ2) is 11.6. The molecule has 0 spiro atoms. The van der Waals surface area contributed by atoms with Crippen molar-refractivity contribution in [1.29, 1.82) is 0 Å². The highest BCUT2D eigenvalue weighted by Gasteiger charge is 2.08. The lowest BCUT2D eigenvalue weighted by molar-refractivity contribution is -0.0104. The fourth-order valence-corrected chi connectivity index (χ4v) is 1.64. The molecule has 2 atom stereocenters. The van der Waals surface area contributed by atoms with Gasteiger partial charge in [0.25, 0.3) is 0 Å². The normalized spacial score (nSPS) is 15.2. The Morgan fingerprint density at radius 2 is 1.68 bits per heavy atom. The van der Waals surface area contributed by atoms with Gasteiger partial charge in [-0.3, -0.25) is 0 Å². The quantitative estimate of drug-likeness (QED) is 0.536. The molecule has 0 aliphatic carbocycles. The molecule has 0 heterocycles. The van der Waals surface area contributed by atoms with Gasteiger partial charge in [0.1, 0.15) is 0 Å². The van der Waals surface area contributed by atoms with E-state index in [1.807, 2.05) is 13.8 Å². The minimum Gasteiger partial charge on any atom is -0.389 e. The van der Waals surface area contributed by atoms with E-state index in [0.717, 1.165) is 12.3 Å². The SMILES string of the molecule is CC(C)CC[C@H](C)NC[C@@H](O)COCCOC(C)C. The maximum absolute atomic E-state index is 9.76. The molecule has 0 fully saturated rings. The van der Waals surface area contributed by atoms with Crippen LogP contribution in [0.15, 0.2) is 0 Å². The summed E-state index contributed by atoms with van der Waals surface area (Å²) in [5.41, 5.74) is 0. The van der Waals surface area contributed by atoms with Crippen LogP contribution in [0.1, 0.15) is 47.5 Å². The van der Waals surface area contributed by atoms with Crippen LogP contribution in [0.25, 0.3) is 0 Å². The summed E-state index contributed by atoms with van der Waals surface area (Å²) in [5.74, 6) is 0.735. The zero-order chi connectivity index (χ0) is 14.7. The predicted octanol–water partition coefficient (Wildman–Crippen LogP) is 2.20. The molecule has 0 unspecified atom stereocenters. The van der Waals surface area contributed by atoms with Crippen LogP contribution in [-0.2, 0) is 9.47 Å². The summed E-state index contributed by atoms with van der Waals surface area (Å²) in [6.45, 7) is 12.7. The number of aliphatic hydroxyl groups excluding tert-OH is 1. The van der Waals surface area contributed by atoms with Gasteiger partial charge in [-0.2, -0.15) is 0 Å². The van der Waals surface area contributed by atoms with Gasteiger partial charge in [0.05, 0.1) is 32.0 Å². The van der Waals surface area contributed by atoms with Crippen LogP contribution in [-0.4, -0.2) is 49.7 Å². The maximum Gasteiger partial charge on any atom is 0.0897 e. The average molecular weight is 275 g/mol. The van der Waals surface area contributed by atoms with Gasteiger partial charge in [-0.05, 0) is 39.5 Å². The Labute approximate surface area is 118 Å². The summed E-state index contributed by atoms with van der Waals surface area (Å²) >= 11 is 0. The van der Waals surface area contributed by atoms with Gasteiger partial charge in [0, 0.05) is 12.6 Å². The Morgan fingerprint density at radius 3 is 2.26 bits per heavy atom. The Kier molecular flexibility index (Phi) is 11.6. The molecule has 0 bridgehead atoms. The lowest BCUT2D eigenvalue weighted by atomic mass is 10.0. The van der Waals surface area contributed by atoms with Gasteiger partial charge in [-0.15, -0.1) is 0 Å². The summed E-state index contributed by atoms with van der Waals surface area (Å²) in [7, 11) is 0. The lowest BCUT2D eigenvalue weighted by Gasteiger charge is -2.18. The molecular formula is C15H33NO3. The molecule has 0 saturated carbocycles. The number of nitrogens with one attached hydrogen (secondary N) is 1. The van der Waals surface area contributed by atoms with E-state index in [-0.39, 0.29) is 6.10 Å². The Bertz CT molecular complexity index is 198. The topological polar surface area (TPSA) is 50.7 Å². The van der Waals surface area contributed by atoms with Crippen molar-refractivity contribution in [3.05, 3.63) is 0 Å². The van der Waals surface area contributed by atoms with E-state index in [0.29, 0.717) is 32.4 Å². The molecule has 0 aliphatic heterocycles. The van der Waals surface area contributed by atoms with Gasteiger partial charge in [-0.25, -0.2) is 0 Å². The highest BCUT2D eigenvalue weighted by molar-refractivity contribution is 4.65. The second-order valence-electron chi connectivity index (χ2n) is 5.93. The third kappa shape index (κ3) is 14.1. The maximum atomic E-state index is 9.76. The average Bonchev–Trinajstić information content (AvgIpc) is 2.33. The zero-order valence-corrected chi connectivity index (χ0v) is 13.3. The van der Waals surface area contributed by atoms with Crippen molar-refractivity contribution in [2.75, 3.05) is 26.4 Å². The first kappa shape index (κ1) is 18.8. The molecule has 0 saturated heterocycles. The van der Waals surface area contributed by atoms with E-state index in [4.69, 9.17) is 9.47 Å². The van der Waals surface area contributed by atoms with E-state index in [2.05, 4.69) is 26.1 Å². The largest absolute Gasteiger partial charge is 0.389 e. The number of aliphatic hydroxyl groups is 1. The molecule has 4 nitrogen and oxygen atoms in total. The number of hydrogen-bond donors (Lipinski definition) is 2. The minimum absolute atomic E-state index is 0.233. The number of ether oxygens (including phenoxy) is 2. The van der Waals surface area contributed by atoms with Crippen molar-refractivity contribution >= 4 is 0 Å². The fraction of sp³-hybridized carbons (Fsp3) is 1.00. The van der Waals surface area contributed by atoms with Crippen molar-refractivity contribution in [3.8, 4) is 0 Å². The molecule has 2 N–H and O–H groups in total. The molecular weight excluding hydrogens is 242 g/mol. The van der Waals surface area contributed by atoms with Crippen molar-refractivity contribution < 1.29 is 14.6 Å². The molecule has 0 radical (unpaired) electrons. The van der Waals surface area contributed by atoms with Crippen LogP contribution in [0.3, 0.4) is 0 Å². The molecule has 0 aromatic rings. The van der Waals surface area contributed by atoms with Crippen LogP contribution in [0, 0.1) is 5.92 Å². The first-order chi connectivity index (χ1) is 8.91. The van der Waals surface area contributed by atoms with Gasteiger partial charge in [0.2, 0.25) is 0 Å². The summed E-state index contributed by atoms with van der Waals surface area (Å²) in [5, 5.41) is 13.1. The lowest BCUT2D eigenvalue weighted by Crippen LogP contribution is -2.36. The van der Waals surface area contributed by atoms with Gasteiger partial charge in [0.15, 0.2) is 0 Å². The van der Waals surface area contributed by atoms with Gasteiger partial charge < -0.3 is 19.9 Å². The molecule has 0 amide bonds. The molecule has 19 heavy (non-hydrogen) atoms. The summed E-state index contributed by atoms with van der Waals surface area (Å²) in [4.78, 5) is 0. The fourth-order valence-electron chi connectivity index (χ4n) is 1.64. The Morgan fingerprint density at radius 1 is 1.00 bits per heavy atom. The van der Waals surface area contributed by atoms with E-state index in [9.17, 15) is 5.11 Å². The van der Waals surface area contributed by atoms with Gasteiger partial charge in [-0.1, -0.05) is 13.8 Å². The summed E-state index contributed by atoms with van der Waals surface area (Å²) in [6, 6.07) is 0.446. The first-order valence-corrected chi connectivity index (χ1v) is 7.52. The third-order valence-electron chi connectivity index (χ3n) is 2.87. The van der Waals surface area contributed by atoms with E-state index in [1.165, 1.54) is 6.42 Å². The van der Waals surface area contributed by atoms with Crippen molar-refractivity contribution in [3.63, 3.8) is 0 Å². The van der Waals surface area contributed by atoms with Crippen LogP contribution >= 0.6 is 0 Å². The van der Waals surface area contributed by atoms with Crippen molar-refractivity contribution in [2.45, 2.75) is 65.7 Å².